The van der Waals surface area contributed by atoms with E-state index in [9.17, 15) is 9.59 Å². The average Bonchev–Trinajstić information content (AvgIpc) is 3.05. The number of carbonyl (C=O) groups excluding carboxylic acids is 2. The molecule has 4 nitrogen and oxygen atoms in total. The van der Waals surface area contributed by atoms with Crippen molar-refractivity contribution >= 4 is 34.7 Å². The molecule has 1 heterocycles. The first-order valence-corrected chi connectivity index (χ1v) is 11.0. The number of aryl methyl sites for hydroxylation is 2. The summed E-state index contributed by atoms with van der Waals surface area (Å²) in [6.45, 7) is 6.99. The Hall–Kier alpha value is -3.37. The molecule has 1 aliphatic heterocycles. The van der Waals surface area contributed by atoms with Gasteiger partial charge in [0.25, 0.3) is 11.8 Å². The Kier molecular flexibility index (Phi) is 6.15. The second-order valence-corrected chi connectivity index (χ2v) is 8.38. The minimum Gasteiger partial charge on any atom is -0.362 e. The van der Waals surface area contributed by atoms with Gasteiger partial charge in [-0.05, 0) is 49.6 Å². The van der Waals surface area contributed by atoms with Crippen LogP contribution in [0.15, 0.2) is 78.5 Å². The molecule has 0 aromatic heterocycles. The van der Waals surface area contributed by atoms with Crippen molar-refractivity contribution in [1.82, 2.24) is 4.90 Å². The van der Waals surface area contributed by atoms with Crippen molar-refractivity contribution in [2.45, 2.75) is 27.3 Å². The summed E-state index contributed by atoms with van der Waals surface area (Å²) < 4.78 is 0. The molecule has 0 saturated carbocycles. The van der Waals surface area contributed by atoms with Crippen LogP contribution in [0.3, 0.4) is 0 Å². The SMILES string of the molecule is CCN(Cc1ccccc1)C1=C(c2ccc(C)cc2)C(=O)N(c2ccc(C)c(Cl)c2)C1=O. The maximum atomic E-state index is 13.7. The predicted octanol–water partition coefficient (Wildman–Crippen LogP) is 5.76. The minimum atomic E-state index is -0.333. The Labute approximate surface area is 193 Å². The van der Waals surface area contributed by atoms with Gasteiger partial charge < -0.3 is 4.90 Å². The lowest BCUT2D eigenvalue weighted by Gasteiger charge is -2.25. The number of hydrogen-bond acceptors (Lipinski definition) is 3. The summed E-state index contributed by atoms with van der Waals surface area (Å²) in [6, 6.07) is 22.9. The number of carbonyl (C=O) groups is 2. The number of rotatable bonds is 6. The highest BCUT2D eigenvalue weighted by Crippen LogP contribution is 2.36. The van der Waals surface area contributed by atoms with E-state index in [0.717, 1.165) is 22.3 Å². The molecule has 0 saturated heterocycles. The predicted molar refractivity (Wildman–Crippen MR) is 129 cm³/mol. The number of amides is 2. The fourth-order valence-electron chi connectivity index (χ4n) is 3.90. The van der Waals surface area contributed by atoms with Crippen LogP contribution in [0.25, 0.3) is 5.57 Å². The molecule has 1 aliphatic rings. The molecule has 0 aliphatic carbocycles. The topological polar surface area (TPSA) is 40.6 Å². The molecule has 162 valence electrons. The van der Waals surface area contributed by atoms with Crippen LogP contribution < -0.4 is 4.90 Å². The minimum absolute atomic E-state index is 0.330. The van der Waals surface area contributed by atoms with Crippen molar-refractivity contribution < 1.29 is 9.59 Å². The van der Waals surface area contributed by atoms with Crippen molar-refractivity contribution in [2.24, 2.45) is 0 Å². The molecular weight excluding hydrogens is 420 g/mol. The summed E-state index contributed by atoms with van der Waals surface area (Å²) >= 11 is 6.32. The third-order valence-corrected chi connectivity index (χ3v) is 6.13. The monoisotopic (exact) mass is 444 g/mol. The van der Waals surface area contributed by atoms with Gasteiger partial charge in [0.05, 0.1) is 11.3 Å². The highest BCUT2D eigenvalue weighted by Gasteiger charge is 2.42. The van der Waals surface area contributed by atoms with E-state index in [0.29, 0.717) is 35.1 Å². The second kappa shape index (κ2) is 9.01. The van der Waals surface area contributed by atoms with Crippen molar-refractivity contribution in [3.63, 3.8) is 0 Å². The van der Waals surface area contributed by atoms with E-state index < -0.39 is 0 Å². The Balaban J connectivity index is 1.83. The average molecular weight is 445 g/mol. The molecule has 0 atom stereocenters. The molecule has 3 aromatic rings. The largest absolute Gasteiger partial charge is 0.362 e. The van der Waals surface area contributed by atoms with Gasteiger partial charge in [0.2, 0.25) is 0 Å². The van der Waals surface area contributed by atoms with Crippen LogP contribution >= 0.6 is 11.6 Å². The molecule has 0 unspecified atom stereocenters. The normalized spacial score (nSPS) is 13.8. The van der Waals surface area contributed by atoms with Gasteiger partial charge in [-0.3, -0.25) is 9.59 Å². The summed E-state index contributed by atoms with van der Waals surface area (Å²) in [4.78, 5) is 30.6. The quantitative estimate of drug-likeness (QED) is 0.453. The molecule has 2 amide bonds. The molecule has 32 heavy (non-hydrogen) atoms. The van der Waals surface area contributed by atoms with E-state index in [4.69, 9.17) is 11.6 Å². The molecular formula is C27H25ClN2O2. The maximum Gasteiger partial charge on any atom is 0.282 e. The fraction of sp³-hybridized carbons (Fsp3) is 0.185. The third-order valence-electron chi connectivity index (χ3n) is 5.73. The van der Waals surface area contributed by atoms with Gasteiger partial charge in [0.1, 0.15) is 5.70 Å². The van der Waals surface area contributed by atoms with E-state index in [-0.39, 0.29) is 11.8 Å². The Morgan fingerprint density at radius 1 is 0.875 bits per heavy atom. The number of halogens is 1. The van der Waals surface area contributed by atoms with E-state index >= 15 is 0 Å². The number of hydrogen-bond donors (Lipinski definition) is 0. The standard InChI is InChI=1S/C27H25ClN2O2/c1-4-29(17-20-8-6-5-7-9-20)25-24(21-13-10-18(2)11-14-21)26(31)30(27(25)32)22-15-12-19(3)23(28)16-22/h5-16H,4,17H2,1-3H3. The first kappa shape index (κ1) is 21.8. The van der Waals surface area contributed by atoms with Crippen molar-refractivity contribution in [2.75, 3.05) is 11.4 Å². The number of imide groups is 1. The van der Waals surface area contributed by atoms with Gasteiger partial charge >= 0.3 is 0 Å². The summed E-state index contributed by atoms with van der Waals surface area (Å²) in [5.74, 6) is -0.663. The van der Waals surface area contributed by atoms with Gasteiger partial charge in [-0.25, -0.2) is 4.90 Å². The summed E-state index contributed by atoms with van der Waals surface area (Å²) in [5.41, 5.74) is 5.10. The van der Waals surface area contributed by atoms with E-state index in [2.05, 4.69) is 0 Å². The molecule has 4 rings (SSSR count). The van der Waals surface area contributed by atoms with Gasteiger partial charge in [-0.15, -0.1) is 0 Å². The zero-order chi connectivity index (χ0) is 22.8. The van der Waals surface area contributed by atoms with E-state index in [1.807, 2.05) is 86.3 Å². The molecule has 0 spiro atoms. The second-order valence-electron chi connectivity index (χ2n) is 7.97. The van der Waals surface area contributed by atoms with E-state index in [1.165, 1.54) is 4.90 Å². The molecule has 5 heteroatoms. The number of benzene rings is 3. The van der Waals surface area contributed by atoms with Crippen LogP contribution in [-0.2, 0) is 16.1 Å². The third kappa shape index (κ3) is 4.06. The van der Waals surface area contributed by atoms with Crippen molar-refractivity contribution in [3.05, 3.63) is 106 Å². The molecule has 0 N–H and O–H groups in total. The van der Waals surface area contributed by atoms with E-state index in [1.54, 1.807) is 12.1 Å². The molecule has 3 aromatic carbocycles. The summed E-state index contributed by atoms with van der Waals surface area (Å²) in [5, 5.41) is 0.519. The van der Waals surface area contributed by atoms with Crippen molar-refractivity contribution in [3.8, 4) is 0 Å². The van der Waals surface area contributed by atoms with Gasteiger partial charge in [-0.1, -0.05) is 77.8 Å². The summed E-state index contributed by atoms with van der Waals surface area (Å²) in [7, 11) is 0. The van der Waals surface area contributed by atoms with Gasteiger partial charge in [0, 0.05) is 18.1 Å². The maximum absolute atomic E-state index is 13.7. The Morgan fingerprint density at radius 3 is 2.19 bits per heavy atom. The lowest BCUT2D eigenvalue weighted by atomic mass is 10.0. The highest BCUT2D eigenvalue weighted by molar-refractivity contribution is 6.45. The Morgan fingerprint density at radius 2 is 1.56 bits per heavy atom. The van der Waals surface area contributed by atoms with Crippen LogP contribution in [0.5, 0.6) is 0 Å². The number of likely N-dealkylation sites (N-methyl/N-ethyl adjacent to an activating group) is 1. The molecule has 0 bridgehead atoms. The molecule has 0 fully saturated rings. The summed E-state index contributed by atoms with van der Waals surface area (Å²) in [6.07, 6.45) is 0. The van der Waals surface area contributed by atoms with Gasteiger partial charge in [-0.2, -0.15) is 0 Å². The van der Waals surface area contributed by atoms with Gasteiger partial charge in [0.15, 0.2) is 0 Å². The fourth-order valence-corrected chi connectivity index (χ4v) is 4.07. The zero-order valence-corrected chi connectivity index (χ0v) is 19.2. The van der Waals surface area contributed by atoms with Crippen LogP contribution in [0.4, 0.5) is 5.69 Å². The van der Waals surface area contributed by atoms with Crippen LogP contribution in [0, 0.1) is 13.8 Å². The van der Waals surface area contributed by atoms with Crippen molar-refractivity contribution in [1.29, 1.82) is 0 Å². The lowest BCUT2D eigenvalue weighted by molar-refractivity contribution is -0.120. The lowest BCUT2D eigenvalue weighted by Crippen LogP contribution is -2.35. The van der Waals surface area contributed by atoms with Crippen LogP contribution in [0.2, 0.25) is 5.02 Å². The zero-order valence-electron chi connectivity index (χ0n) is 18.4. The van der Waals surface area contributed by atoms with Crippen LogP contribution in [-0.4, -0.2) is 23.3 Å². The molecule has 0 radical (unpaired) electrons. The first-order chi connectivity index (χ1) is 15.4. The Bertz CT molecular complexity index is 1200. The van der Waals surface area contributed by atoms with Crippen LogP contribution in [0.1, 0.15) is 29.2 Å². The number of anilines is 1. The smallest absolute Gasteiger partial charge is 0.282 e. The first-order valence-electron chi connectivity index (χ1n) is 10.7. The number of nitrogens with zero attached hydrogens (tertiary/aromatic N) is 2. The highest BCUT2D eigenvalue weighted by atomic mass is 35.5.